The number of nitrogens with one attached hydrogen (secondary N) is 2. The summed E-state index contributed by atoms with van der Waals surface area (Å²) < 4.78 is 0. The maximum Gasteiger partial charge on any atom is 0.321 e. The van der Waals surface area contributed by atoms with E-state index in [4.69, 9.17) is 4.99 Å². The monoisotopic (exact) mass is 441 g/mol. The van der Waals surface area contributed by atoms with Gasteiger partial charge in [0, 0.05) is 24.0 Å². The van der Waals surface area contributed by atoms with Crippen LogP contribution in [0.25, 0.3) is 0 Å². The number of carbonyl (C=O) groups is 2. The minimum Gasteiger partial charge on any atom is -0.308 e. The number of aromatic nitrogens is 1. The Labute approximate surface area is 193 Å². The maximum atomic E-state index is 13.6. The van der Waals surface area contributed by atoms with Crippen LogP contribution in [0.4, 0.5) is 16.2 Å². The van der Waals surface area contributed by atoms with Gasteiger partial charge in [0.1, 0.15) is 0 Å². The summed E-state index contributed by atoms with van der Waals surface area (Å²) in [5.41, 5.74) is 4.41. The average Bonchev–Trinajstić information content (AvgIpc) is 2.90. The van der Waals surface area contributed by atoms with Gasteiger partial charge in [-0.3, -0.25) is 9.78 Å². The number of aliphatic imine (C=N–C) groups is 1. The molecule has 168 valence electrons. The van der Waals surface area contributed by atoms with Crippen molar-refractivity contribution in [3.63, 3.8) is 0 Å². The smallest absolute Gasteiger partial charge is 0.308 e. The summed E-state index contributed by atoms with van der Waals surface area (Å²) in [6.07, 6.45) is 0.587. The molecule has 2 heterocycles. The van der Waals surface area contributed by atoms with Gasteiger partial charge in [-0.1, -0.05) is 50.2 Å². The van der Waals surface area contributed by atoms with Crippen molar-refractivity contribution in [1.82, 2.24) is 10.3 Å². The molecule has 33 heavy (non-hydrogen) atoms. The summed E-state index contributed by atoms with van der Waals surface area (Å²) in [6.45, 7) is 6.54. The number of hydrogen-bond donors (Lipinski definition) is 2. The lowest BCUT2D eigenvalue weighted by Crippen LogP contribution is -2.49. The van der Waals surface area contributed by atoms with Gasteiger partial charge in [-0.2, -0.15) is 0 Å². The Morgan fingerprint density at radius 3 is 2.58 bits per heavy atom. The Bertz CT molecular complexity index is 1190. The van der Waals surface area contributed by atoms with Crippen molar-refractivity contribution >= 4 is 29.0 Å². The second-order valence-corrected chi connectivity index (χ2v) is 8.42. The summed E-state index contributed by atoms with van der Waals surface area (Å²) in [5.74, 6) is -0.0679. The largest absolute Gasteiger partial charge is 0.321 e. The summed E-state index contributed by atoms with van der Waals surface area (Å²) >= 11 is 0. The first kappa shape index (κ1) is 22.2. The summed E-state index contributed by atoms with van der Waals surface area (Å²) in [5, 5.41) is 5.55. The van der Waals surface area contributed by atoms with E-state index in [2.05, 4.69) is 15.6 Å². The van der Waals surface area contributed by atoms with Crippen molar-refractivity contribution in [2.45, 2.75) is 26.9 Å². The quantitative estimate of drug-likeness (QED) is 0.616. The van der Waals surface area contributed by atoms with Crippen molar-refractivity contribution < 1.29 is 9.59 Å². The number of rotatable bonds is 5. The number of nitrogens with zero attached hydrogens (tertiary/aromatic N) is 3. The first-order chi connectivity index (χ1) is 15.9. The molecule has 0 radical (unpaired) electrons. The number of carbonyl (C=O) groups excluding carboxylic acids is 2. The van der Waals surface area contributed by atoms with Crippen molar-refractivity contribution in [3.05, 3.63) is 89.7 Å². The maximum absolute atomic E-state index is 13.6. The van der Waals surface area contributed by atoms with Crippen LogP contribution >= 0.6 is 0 Å². The number of para-hydroxylation sites is 1. The first-order valence-electron chi connectivity index (χ1n) is 11.0. The molecule has 4 rings (SSSR count). The minimum absolute atomic E-state index is 0.222. The van der Waals surface area contributed by atoms with E-state index in [1.807, 2.05) is 81.4 Å². The number of benzodiazepines with no additional fused rings is 1. The zero-order chi connectivity index (χ0) is 23.4. The zero-order valence-corrected chi connectivity index (χ0v) is 18.9. The average molecular weight is 442 g/mol. The molecule has 1 atom stereocenters. The highest BCUT2D eigenvalue weighted by molar-refractivity contribution is 6.19. The van der Waals surface area contributed by atoms with Gasteiger partial charge in [0.2, 0.25) is 6.17 Å². The van der Waals surface area contributed by atoms with Crippen LogP contribution in [0, 0.1) is 12.8 Å². The molecule has 0 saturated heterocycles. The van der Waals surface area contributed by atoms with Crippen molar-refractivity contribution in [2.75, 3.05) is 16.8 Å². The number of amides is 3. The van der Waals surface area contributed by atoms with Gasteiger partial charge in [0.05, 0.1) is 17.1 Å². The molecule has 2 aromatic carbocycles. The van der Waals surface area contributed by atoms with E-state index < -0.39 is 12.2 Å². The fourth-order valence-corrected chi connectivity index (χ4v) is 3.80. The van der Waals surface area contributed by atoms with E-state index in [-0.39, 0.29) is 11.8 Å². The van der Waals surface area contributed by atoms with E-state index in [0.717, 1.165) is 16.8 Å². The Hall–Kier alpha value is -4.00. The fraction of sp³-hybridized carbons (Fsp3) is 0.231. The van der Waals surface area contributed by atoms with E-state index in [0.29, 0.717) is 23.6 Å². The lowest BCUT2D eigenvalue weighted by Gasteiger charge is -2.27. The number of urea groups is 1. The molecular formula is C26H27N5O2. The molecule has 2 N–H and O–H groups in total. The molecule has 0 fully saturated rings. The van der Waals surface area contributed by atoms with Gasteiger partial charge < -0.3 is 15.5 Å². The molecule has 1 aliphatic rings. The van der Waals surface area contributed by atoms with Crippen LogP contribution in [-0.4, -0.2) is 35.3 Å². The molecule has 7 heteroatoms. The fourth-order valence-electron chi connectivity index (χ4n) is 3.80. The van der Waals surface area contributed by atoms with Crippen LogP contribution in [0.3, 0.4) is 0 Å². The highest BCUT2D eigenvalue weighted by Gasteiger charge is 2.33. The number of pyridine rings is 1. The summed E-state index contributed by atoms with van der Waals surface area (Å²) in [4.78, 5) is 37.3. The van der Waals surface area contributed by atoms with E-state index in [9.17, 15) is 9.59 Å². The Kier molecular flexibility index (Phi) is 6.49. The highest BCUT2D eigenvalue weighted by atomic mass is 16.2. The van der Waals surface area contributed by atoms with Crippen LogP contribution in [0.5, 0.6) is 0 Å². The number of hydrogen-bond acceptors (Lipinski definition) is 4. The SMILES string of the molecule is Cc1cccc(NC(=O)NC2N=C(c3ccccn3)c3ccccc3N(CC(C)C)C2=O)c1. The summed E-state index contributed by atoms with van der Waals surface area (Å²) in [7, 11) is 0. The van der Waals surface area contributed by atoms with Crippen LogP contribution in [0.1, 0.15) is 30.7 Å². The standard InChI is InChI=1S/C26H27N5O2/c1-17(2)16-31-22-13-5-4-11-20(22)23(21-12-6-7-14-27-21)29-24(25(31)32)30-26(33)28-19-10-8-9-18(3)15-19/h4-15,17,24H,16H2,1-3H3,(H2,28,30,33). The third kappa shape index (κ3) is 5.09. The van der Waals surface area contributed by atoms with Crippen molar-refractivity contribution in [2.24, 2.45) is 10.9 Å². The molecule has 1 aliphatic heterocycles. The van der Waals surface area contributed by atoms with E-state index in [1.54, 1.807) is 17.2 Å². The lowest BCUT2D eigenvalue weighted by molar-refractivity contribution is -0.120. The summed E-state index contributed by atoms with van der Waals surface area (Å²) in [6, 6.07) is 20.2. The van der Waals surface area contributed by atoms with Gasteiger partial charge in [0.25, 0.3) is 5.91 Å². The molecule has 0 bridgehead atoms. The Balaban J connectivity index is 1.73. The molecule has 0 aliphatic carbocycles. The molecule has 0 spiro atoms. The highest BCUT2D eigenvalue weighted by Crippen LogP contribution is 2.28. The van der Waals surface area contributed by atoms with E-state index >= 15 is 0 Å². The molecule has 1 aromatic heterocycles. The number of fused-ring (bicyclic) bond motifs is 1. The molecule has 0 saturated carbocycles. The van der Waals surface area contributed by atoms with Gasteiger partial charge in [0.15, 0.2) is 0 Å². The van der Waals surface area contributed by atoms with Gasteiger partial charge in [-0.25, -0.2) is 9.79 Å². The van der Waals surface area contributed by atoms with Crippen LogP contribution in [-0.2, 0) is 4.79 Å². The van der Waals surface area contributed by atoms with Gasteiger partial charge in [-0.05, 0) is 48.7 Å². The number of anilines is 2. The normalized spacial score (nSPS) is 15.5. The third-order valence-corrected chi connectivity index (χ3v) is 5.21. The van der Waals surface area contributed by atoms with Crippen LogP contribution in [0.2, 0.25) is 0 Å². The third-order valence-electron chi connectivity index (χ3n) is 5.21. The predicted octanol–water partition coefficient (Wildman–Crippen LogP) is 4.38. The predicted molar refractivity (Wildman–Crippen MR) is 131 cm³/mol. The second kappa shape index (κ2) is 9.65. The van der Waals surface area contributed by atoms with E-state index in [1.165, 1.54) is 0 Å². The Morgan fingerprint density at radius 2 is 1.85 bits per heavy atom. The van der Waals surface area contributed by atoms with Crippen molar-refractivity contribution in [3.8, 4) is 0 Å². The first-order valence-corrected chi connectivity index (χ1v) is 11.0. The van der Waals surface area contributed by atoms with Crippen LogP contribution in [0.15, 0.2) is 77.9 Å². The second-order valence-electron chi connectivity index (χ2n) is 8.42. The van der Waals surface area contributed by atoms with Gasteiger partial charge in [-0.15, -0.1) is 0 Å². The molecule has 1 unspecified atom stereocenters. The number of aryl methyl sites for hydroxylation is 1. The molecule has 3 aromatic rings. The minimum atomic E-state index is -1.10. The molecule has 7 nitrogen and oxygen atoms in total. The Morgan fingerprint density at radius 1 is 1.06 bits per heavy atom. The molecule has 3 amide bonds. The van der Waals surface area contributed by atoms with Crippen LogP contribution < -0.4 is 15.5 Å². The topological polar surface area (TPSA) is 86.7 Å². The van der Waals surface area contributed by atoms with Gasteiger partial charge >= 0.3 is 6.03 Å². The van der Waals surface area contributed by atoms with Crippen molar-refractivity contribution in [1.29, 1.82) is 0 Å². The zero-order valence-electron chi connectivity index (χ0n) is 18.9. The lowest BCUT2D eigenvalue weighted by atomic mass is 10.0. The molecular weight excluding hydrogens is 414 g/mol. The number of benzene rings is 2.